The van der Waals surface area contributed by atoms with Gasteiger partial charge in [0.2, 0.25) is 0 Å². The van der Waals surface area contributed by atoms with Crippen LogP contribution < -0.4 is 18.8 Å². The third kappa shape index (κ3) is 2.57. The Morgan fingerprint density at radius 3 is 2.29 bits per heavy atom. The van der Waals surface area contributed by atoms with Gasteiger partial charge in [-0.3, -0.25) is 0 Å². The van der Waals surface area contributed by atoms with Gasteiger partial charge in [0, 0.05) is 10.2 Å². The Balaban J connectivity index is 3.27. The molecule has 0 bridgehead atoms. The summed E-state index contributed by atoms with van der Waals surface area (Å²) in [7, 11) is 6.22. The lowest BCUT2D eigenvalue weighted by Crippen LogP contribution is -2.35. The van der Waals surface area contributed by atoms with Crippen molar-refractivity contribution in [2.75, 3.05) is 21.3 Å². The van der Waals surface area contributed by atoms with E-state index >= 15 is 0 Å². The number of rotatable bonds is 7. The van der Waals surface area contributed by atoms with Crippen molar-refractivity contribution in [3.63, 3.8) is 0 Å². The number of imidazole rings is 1. The lowest BCUT2D eigenvalue weighted by Gasteiger charge is -2.01. The van der Waals surface area contributed by atoms with Crippen LogP contribution in [0.15, 0.2) is 0 Å². The van der Waals surface area contributed by atoms with Crippen LogP contribution in [0, 0.1) is 0 Å². The van der Waals surface area contributed by atoms with Gasteiger partial charge in [-0.2, -0.15) is 9.13 Å². The predicted molar refractivity (Wildman–Crippen MR) is 69.3 cm³/mol. The van der Waals surface area contributed by atoms with Crippen LogP contribution in [-0.2, 0) is 13.1 Å². The van der Waals surface area contributed by atoms with Crippen molar-refractivity contribution in [1.82, 2.24) is 4.57 Å². The fraction of sp³-hybridized carbons (Fsp3) is 0.727. The molecule has 0 unspecified atom stereocenters. The summed E-state index contributed by atoms with van der Waals surface area (Å²) in [5.74, 6) is 1.46. The molecule has 0 aromatic carbocycles. The predicted octanol–water partition coefficient (Wildman–Crippen LogP) is -0.00490. The Morgan fingerprint density at radius 1 is 1.18 bits per heavy atom. The van der Waals surface area contributed by atoms with E-state index in [9.17, 15) is 0 Å². The van der Waals surface area contributed by atoms with Gasteiger partial charge in [0.15, 0.2) is 0 Å². The van der Waals surface area contributed by atoms with E-state index in [4.69, 9.17) is 14.2 Å². The van der Waals surface area contributed by atoms with Gasteiger partial charge in [-0.15, -0.1) is 0 Å². The quantitative estimate of drug-likeness (QED) is 0.511. The van der Waals surface area contributed by atoms with E-state index in [0.717, 1.165) is 37.3 Å². The summed E-state index contributed by atoms with van der Waals surface area (Å²) in [5.41, 5.74) is 0. The molecule has 1 aromatic rings. The first-order valence-corrected chi connectivity index (χ1v) is 7.44. The molecule has 5 nitrogen and oxygen atoms in total. The maximum atomic E-state index is 5.47. The molecule has 0 fully saturated rings. The van der Waals surface area contributed by atoms with Gasteiger partial charge in [-0.05, 0) is 13.3 Å². The highest BCUT2D eigenvalue weighted by atomic mass is 28.1. The van der Waals surface area contributed by atoms with Crippen molar-refractivity contribution in [3.05, 3.63) is 0 Å². The summed E-state index contributed by atoms with van der Waals surface area (Å²) in [6.07, 6.45) is 1.14. The molecule has 17 heavy (non-hydrogen) atoms. The van der Waals surface area contributed by atoms with Gasteiger partial charge in [0.1, 0.15) is 0 Å². The normalized spacial score (nSPS) is 10.6. The van der Waals surface area contributed by atoms with Gasteiger partial charge in [-0.1, -0.05) is 6.04 Å². The second-order valence-electron chi connectivity index (χ2n) is 3.75. The van der Waals surface area contributed by atoms with E-state index in [1.807, 2.05) is 9.13 Å². The third-order valence-corrected chi connectivity index (χ3v) is 3.46. The van der Waals surface area contributed by atoms with E-state index in [1.54, 1.807) is 21.3 Å². The second kappa shape index (κ2) is 6.54. The smallest absolute Gasteiger partial charge is 0.460 e. The first-order chi connectivity index (χ1) is 8.24. The van der Waals surface area contributed by atoms with Crippen LogP contribution in [0.5, 0.6) is 17.8 Å². The number of nitrogens with zero attached hydrogens (tertiary/aromatic N) is 2. The number of ether oxygens (including phenoxy) is 3. The van der Waals surface area contributed by atoms with E-state index in [-0.39, 0.29) is 0 Å². The second-order valence-corrected chi connectivity index (χ2v) is 4.75. The molecule has 0 aliphatic rings. The summed E-state index contributed by atoms with van der Waals surface area (Å²) in [6.45, 7) is 3.75. The fourth-order valence-corrected chi connectivity index (χ4v) is 2.27. The highest BCUT2D eigenvalue weighted by Crippen LogP contribution is 2.29. The van der Waals surface area contributed by atoms with Gasteiger partial charge in [0.25, 0.3) is 0 Å². The molecule has 0 radical (unpaired) electrons. The molecule has 1 rings (SSSR count). The number of hydrogen-bond donors (Lipinski definition) is 0. The third-order valence-electron chi connectivity index (χ3n) is 2.76. The molecule has 0 spiro atoms. The topological polar surface area (TPSA) is 36.5 Å². The first kappa shape index (κ1) is 13.9. The lowest BCUT2D eigenvalue weighted by molar-refractivity contribution is -0.705. The van der Waals surface area contributed by atoms with E-state index in [1.165, 1.54) is 16.3 Å². The molecule has 1 heterocycles. The monoisotopic (exact) mass is 259 g/mol. The van der Waals surface area contributed by atoms with Crippen molar-refractivity contribution in [3.8, 4) is 17.8 Å². The summed E-state index contributed by atoms with van der Waals surface area (Å²) in [4.78, 5) is 0. The molecule has 0 saturated heterocycles. The molecule has 0 N–H and O–H groups in total. The van der Waals surface area contributed by atoms with E-state index in [0.29, 0.717) is 0 Å². The van der Waals surface area contributed by atoms with Gasteiger partial charge >= 0.3 is 17.8 Å². The van der Waals surface area contributed by atoms with Crippen molar-refractivity contribution in [2.24, 2.45) is 0 Å². The minimum atomic E-state index is 0.722. The summed E-state index contributed by atoms with van der Waals surface area (Å²) in [6, 6.07) is 2.05. The average Bonchev–Trinajstić information content (AvgIpc) is 2.67. The number of methoxy groups -OCH3 is 3. The lowest BCUT2D eigenvalue weighted by atomic mass is 10.5. The van der Waals surface area contributed by atoms with Gasteiger partial charge < -0.3 is 14.2 Å². The van der Waals surface area contributed by atoms with Crippen molar-refractivity contribution in [1.29, 1.82) is 0 Å². The molecule has 0 atom stereocenters. The first-order valence-electron chi connectivity index (χ1n) is 6.03. The molecular formula is C11H23N2O3Si+. The van der Waals surface area contributed by atoms with Crippen molar-refractivity contribution < 1.29 is 18.8 Å². The molecular weight excluding hydrogens is 236 g/mol. The zero-order valence-corrected chi connectivity index (χ0v) is 13.4. The van der Waals surface area contributed by atoms with Crippen LogP contribution in [0.1, 0.15) is 13.3 Å². The van der Waals surface area contributed by atoms with Gasteiger partial charge in [-0.25, -0.2) is 0 Å². The fourth-order valence-electron chi connectivity index (χ4n) is 1.96. The van der Waals surface area contributed by atoms with Crippen LogP contribution in [-0.4, -0.2) is 36.1 Å². The SMILES string of the molecule is CCn1c(OC)c(OC)[n+](CCC[SiH3])c1OC. The summed E-state index contributed by atoms with van der Waals surface area (Å²) in [5, 5.41) is 0. The maximum Gasteiger partial charge on any atom is 0.462 e. The molecule has 6 heteroatoms. The largest absolute Gasteiger partial charge is 0.462 e. The molecule has 0 amide bonds. The Morgan fingerprint density at radius 2 is 1.88 bits per heavy atom. The molecule has 0 aliphatic heterocycles. The Labute approximate surface area is 106 Å². The van der Waals surface area contributed by atoms with E-state index in [2.05, 4.69) is 6.92 Å². The summed E-state index contributed by atoms with van der Waals surface area (Å²) < 4.78 is 20.3. The van der Waals surface area contributed by atoms with Crippen LogP contribution >= 0.6 is 0 Å². The Bertz CT molecular complexity index is 337. The van der Waals surface area contributed by atoms with Gasteiger partial charge in [0.05, 0.1) is 34.4 Å². The Hall–Kier alpha value is -1.17. The number of aromatic nitrogens is 2. The highest BCUT2D eigenvalue weighted by Gasteiger charge is 2.33. The maximum absolute atomic E-state index is 5.47. The van der Waals surface area contributed by atoms with Crippen LogP contribution in [0.3, 0.4) is 0 Å². The summed E-state index contributed by atoms with van der Waals surface area (Å²) >= 11 is 0. The zero-order valence-electron chi connectivity index (χ0n) is 11.4. The van der Waals surface area contributed by atoms with Crippen LogP contribution in [0.2, 0.25) is 6.04 Å². The van der Waals surface area contributed by atoms with Crippen molar-refractivity contribution >= 4 is 10.2 Å². The highest BCUT2D eigenvalue weighted by molar-refractivity contribution is 6.08. The standard InChI is InChI=1S/C11H23N2O3Si/c1-5-12-9(14-2)10(15-3)13(7-6-8-17)11(12)16-4/h5-8H2,1-4,17H3/q+1. The van der Waals surface area contributed by atoms with E-state index < -0.39 is 0 Å². The number of hydrogen-bond acceptors (Lipinski definition) is 3. The molecule has 0 aliphatic carbocycles. The minimum absolute atomic E-state index is 0.722. The van der Waals surface area contributed by atoms with Crippen LogP contribution in [0.25, 0.3) is 0 Å². The van der Waals surface area contributed by atoms with Crippen LogP contribution in [0.4, 0.5) is 0 Å². The molecule has 98 valence electrons. The van der Waals surface area contributed by atoms with Crippen molar-refractivity contribution in [2.45, 2.75) is 32.5 Å². The minimum Gasteiger partial charge on any atom is -0.460 e. The molecule has 0 saturated carbocycles. The molecule has 1 aromatic heterocycles. The zero-order chi connectivity index (χ0) is 12.8. The average molecular weight is 259 g/mol. The Kier molecular flexibility index (Phi) is 5.34.